The lowest BCUT2D eigenvalue weighted by Crippen LogP contribution is -2.59. The fraction of sp³-hybridized carbons (Fsp3) is 0.312. The zero-order valence-corrected chi connectivity index (χ0v) is 16.7. The standard InChI is InChI=1S/C16H16BrF2N3O4S/c1-16(7-26-8-16)21-27(24,25)12-6-22(2)14(13(12)19)15(23)20-9-3-4-11(18)10(17)5-9/h3-6,21H,7-8H2,1-2H3,(H,20,23). The third-order valence-electron chi connectivity index (χ3n) is 3.99. The van der Waals surface area contributed by atoms with E-state index in [2.05, 4.69) is 26.0 Å². The lowest BCUT2D eigenvalue weighted by Gasteiger charge is -2.38. The average Bonchev–Trinajstić information content (AvgIpc) is 2.84. The van der Waals surface area contributed by atoms with Gasteiger partial charge in [-0.2, -0.15) is 0 Å². The van der Waals surface area contributed by atoms with Gasteiger partial charge in [0.25, 0.3) is 5.91 Å². The first-order valence-corrected chi connectivity index (χ1v) is 10.0. The molecule has 0 bridgehead atoms. The van der Waals surface area contributed by atoms with Crippen molar-refractivity contribution in [3.05, 3.63) is 46.2 Å². The summed E-state index contributed by atoms with van der Waals surface area (Å²) < 4.78 is 61.6. The molecule has 0 unspecified atom stereocenters. The predicted molar refractivity (Wildman–Crippen MR) is 97.0 cm³/mol. The van der Waals surface area contributed by atoms with E-state index in [1.807, 2.05) is 0 Å². The van der Waals surface area contributed by atoms with Gasteiger partial charge in [-0.25, -0.2) is 21.9 Å². The van der Waals surface area contributed by atoms with E-state index >= 15 is 0 Å². The normalized spacial score (nSPS) is 16.0. The molecular weight excluding hydrogens is 448 g/mol. The summed E-state index contributed by atoms with van der Waals surface area (Å²) in [6.45, 7) is 1.98. The van der Waals surface area contributed by atoms with E-state index < -0.39 is 43.7 Å². The van der Waals surface area contributed by atoms with Gasteiger partial charge < -0.3 is 14.6 Å². The second kappa shape index (κ2) is 6.97. The number of halogens is 3. The van der Waals surface area contributed by atoms with Crippen molar-refractivity contribution in [2.24, 2.45) is 7.05 Å². The fourth-order valence-corrected chi connectivity index (χ4v) is 4.51. The molecule has 1 aliphatic rings. The number of amides is 1. The first-order valence-electron chi connectivity index (χ1n) is 7.75. The van der Waals surface area contributed by atoms with E-state index in [9.17, 15) is 22.0 Å². The van der Waals surface area contributed by atoms with Crippen molar-refractivity contribution in [1.29, 1.82) is 0 Å². The first-order chi connectivity index (χ1) is 12.5. The van der Waals surface area contributed by atoms with Crippen LogP contribution >= 0.6 is 15.9 Å². The highest BCUT2D eigenvalue weighted by Gasteiger charge is 2.40. The number of aryl methyl sites for hydroxylation is 1. The maximum absolute atomic E-state index is 14.8. The van der Waals surface area contributed by atoms with Gasteiger partial charge in [-0.15, -0.1) is 0 Å². The fourth-order valence-electron chi connectivity index (χ4n) is 2.63. The van der Waals surface area contributed by atoms with Crippen LogP contribution in [0.15, 0.2) is 33.8 Å². The third kappa shape index (κ3) is 3.91. The van der Waals surface area contributed by atoms with Crippen LogP contribution < -0.4 is 10.0 Å². The molecule has 0 saturated carbocycles. The molecule has 11 heteroatoms. The van der Waals surface area contributed by atoms with E-state index in [0.717, 1.165) is 16.8 Å². The summed E-state index contributed by atoms with van der Waals surface area (Å²) in [4.78, 5) is 11.8. The van der Waals surface area contributed by atoms with Crippen molar-refractivity contribution in [2.45, 2.75) is 17.4 Å². The van der Waals surface area contributed by atoms with Gasteiger partial charge in [-0.3, -0.25) is 4.79 Å². The molecule has 2 heterocycles. The van der Waals surface area contributed by atoms with E-state index in [1.54, 1.807) is 6.92 Å². The van der Waals surface area contributed by atoms with E-state index in [1.165, 1.54) is 19.2 Å². The summed E-state index contributed by atoms with van der Waals surface area (Å²) >= 11 is 2.99. The second-order valence-corrected chi connectivity index (χ2v) is 9.01. The summed E-state index contributed by atoms with van der Waals surface area (Å²) in [5.74, 6) is -2.56. The maximum Gasteiger partial charge on any atom is 0.275 e. The van der Waals surface area contributed by atoms with Crippen LogP contribution in [-0.2, 0) is 21.8 Å². The number of nitrogens with zero attached hydrogens (tertiary/aromatic N) is 1. The molecule has 146 valence electrons. The molecule has 2 N–H and O–H groups in total. The molecule has 0 atom stereocenters. The van der Waals surface area contributed by atoms with Crippen LogP contribution in [0, 0.1) is 11.6 Å². The van der Waals surface area contributed by atoms with Gasteiger partial charge in [0.05, 0.1) is 23.2 Å². The van der Waals surface area contributed by atoms with Crippen LogP contribution in [0.4, 0.5) is 14.5 Å². The molecule has 1 aliphatic heterocycles. The van der Waals surface area contributed by atoms with Crippen molar-refractivity contribution < 1.29 is 26.7 Å². The van der Waals surface area contributed by atoms with Crippen LogP contribution in [0.1, 0.15) is 17.4 Å². The predicted octanol–water partition coefficient (Wildman–Crippen LogP) is 2.39. The summed E-state index contributed by atoms with van der Waals surface area (Å²) in [6, 6.07) is 3.74. The Bertz CT molecular complexity index is 1020. The van der Waals surface area contributed by atoms with E-state index in [0.29, 0.717) is 0 Å². The summed E-state index contributed by atoms with van der Waals surface area (Å²) in [7, 11) is -2.84. The molecule has 1 fully saturated rings. The van der Waals surface area contributed by atoms with E-state index in [-0.39, 0.29) is 23.4 Å². The van der Waals surface area contributed by atoms with Gasteiger partial charge in [0, 0.05) is 18.9 Å². The number of carbonyl (C=O) groups excluding carboxylic acids is 1. The highest BCUT2D eigenvalue weighted by molar-refractivity contribution is 9.10. The van der Waals surface area contributed by atoms with Crippen molar-refractivity contribution in [1.82, 2.24) is 9.29 Å². The highest BCUT2D eigenvalue weighted by Crippen LogP contribution is 2.26. The van der Waals surface area contributed by atoms with Gasteiger partial charge in [0.2, 0.25) is 10.0 Å². The molecule has 0 aliphatic carbocycles. The number of sulfonamides is 1. The van der Waals surface area contributed by atoms with Crippen molar-refractivity contribution in [3.8, 4) is 0 Å². The number of aromatic nitrogens is 1. The molecule has 0 spiro atoms. The van der Waals surface area contributed by atoms with Gasteiger partial charge in [-0.1, -0.05) is 0 Å². The van der Waals surface area contributed by atoms with E-state index in [4.69, 9.17) is 4.74 Å². The number of benzene rings is 1. The average molecular weight is 464 g/mol. The Balaban J connectivity index is 1.88. The van der Waals surface area contributed by atoms with Crippen molar-refractivity contribution in [2.75, 3.05) is 18.5 Å². The molecular formula is C16H16BrF2N3O4S. The van der Waals surface area contributed by atoms with Crippen molar-refractivity contribution >= 4 is 37.5 Å². The lowest BCUT2D eigenvalue weighted by atomic mass is 10.0. The van der Waals surface area contributed by atoms with Crippen LogP contribution in [0.2, 0.25) is 0 Å². The highest BCUT2D eigenvalue weighted by atomic mass is 79.9. The Morgan fingerprint density at radius 3 is 2.56 bits per heavy atom. The number of anilines is 1. The molecule has 1 amide bonds. The Morgan fingerprint density at radius 1 is 1.33 bits per heavy atom. The molecule has 0 radical (unpaired) electrons. The van der Waals surface area contributed by atoms with Crippen LogP contribution in [-0.4, -0.2) is 37.6 Å². The lowest BCUT2D eigenvalue weighted by molar-refractivity contribution is -0.0523. The Labute approximate surface area is 162 Å². The molecule has 7 nitrogen and oxygen atoms in total. The number of hydrogen-bond acceptors (Lipinski definition) is 4. The monoisotopic (exact) mass is 463 g/mol. The molecule has 1 aromatic heterocycles. The number of carbonyl (C=O) groups is 1. The minimum atomic E-state index is -4.19. The van der Waals surface area contributed by atoms with Gasteiger partial charge in [-0.05, 0) is 41.1 Å². The van der Waals surface area contributed by atoms with Gasteiger partial charge >= 0.3 is 0 Å². The third-order valence-corrected chi connectivity index (χ3v) is 6.22. The quantitative estimate of drug-likeness (QED) is 0.712. The largest absolute Gasteiger partial charge is 0.377 e. The number of nitrogens with one attached hydrogen (secondary N) is 2. The SMILES string of the molecule is Cn1cc(S(=O)(=O)NC2(C)COC2)c(F)c1C(=O)Nc1ccc(F)c(Br)c1. The topological polar surface area (TPSA) is 89.4 Å². The molecule has 2 aromatic rings. The van der Waals surface area contributed by atoms with Crippen LogP contribution in [0.25, 0.3) is 0 Å². The Morgan fingerprint density at radius 2 is 2.00 bits per heavy atom. The summed E-state index contributed by atoms with van der Waals surface area (Å²) in [5, 5.41) is 2.41. The van der Waals surface area contributed by atoms with Crippen LogP contribution in [0.5, 0.6) is 0 Å². The second-order valence-electron chi connectivity index (χ2n) is 6.51. The van der Waals surface area contributed by atoms with Crippen LogP contribution in [0.3, 0.4) is 0 Å². The van der Waals surface area contributed by atoms with Gasteiger partial charge in [0.1, 0.15) is 16.4 Å². The van der Waals surface area contributed by atoms with Crippen molar-refractivity contribution in [3.63, 3.8) is 0 Å². The molecule has 3 rings (SSSR count). The smallest absolute Gasteiger partial charge is 0.275 e. The Kier molecular flexibility index (Phi) is 5.14. The summed E-state index contributed by atoms with van der Waals surface area (Å²) in [5.41, 5.74) is -1.06. The molecule has 1 aromatic carbocycles. The maximum atomic E-state index is 14.8. The van der Waals surface area contributed by atoms with Gasteiger partial charge in [0.15, 0.2) is 5.82 Å². The first kappa shape index (κ1) is 19.9. The zero-order chi connectivity index (χ0) is 20.0. The minimum Gasteiger partial charge on any atom is -0.377 e. The molecule has 1 saturated heterocycles. The molecule has 27 heavy (non-hydrogen) atoms. The minimum absolute atomic E-state index is 0.121. The number of rotatable bonds is 5. The number of ether oxygens (including phenoxy) is 1. The zero-order valence-electron chi connectivity index (χ0n) is 14.3. The Hall–Kier alpha value is -1.82. The number of hydrogen-bond donors (Lipinski definition) is 2. The summed E-state index contributed by atoms with van der Waals surface area (Å²) in [6.07, 6.45) is 1.02.